The maximum Gasteiger partial charge on any atom is 0.287 e. The Morgan fingerprint density at radius 1 is 1.36 bits per heavy atom. The van der Waals surface area contributed by atoms with Crippen LogP contribution in [0.1, 0.15) is 40.2 Å². The van der Waals surface area contributed by atoms with Gasteiger partial charge in [-0.1, -0.05) is 29.0 Å². The largest absolute Gasteiger partial charge is 0.347 e. The lowest BCUT2D eigenvalue weighted by molar-refractivity contribution is 0.0940. The molecule has 0 saturated heterocycles. The monoisotopic (exact) mass is 338 g/mol. The zero-order valence-corrected chi connectivity index (χ0v) is 14.0. The number of amides is 1. The number of aromatic nitrogens is 5. The van der Waals surface area contributed by atoms with Crippen molar-refractivity contribution in [3.63, 3.8) is 0 Å². The van der Waals surface area contributed by atoms with Gasteiger partial charge in [0.05, 0.1) is 6.54 Å². The molecule has 0 radical (unpaired) electrons. The quantitative estimate of drug-likeness (QED) is 0.740. The first-order chi connectivity index (χ1) is 12.0. The molecule has 0 bridgehead atoms. The Hall–Kier alpha value is -3.03. The number of carbonyl (C=O) groups excluding carboxylic acids is 1. The van der Waals surface area contributed by atoms with Crippen LogP contribution in [0.2, 0.25) is 0 Å². The van der Waals surface area contributed by atoms with Crippen molar-refractivity contribution in [2.75, 3.05) is 0 Å². The summed E-state index contributed by atoms with van der Waals surface area (Å²) in [7, 11) is 0. The van der Waals surface area contributed by atoms with Crippen molar-refractivity contribution in [1.29, 1.82) is 0 Å². The van der Waals surface area contributed by atoms with Crippen molar-refractivity contribution >= 4 is 17.1 Å². The van der Waals surface area contributed by atoms with E-state index in [2.05, 4.69) is 31.7 Å². The molecule has 2 N–H and O–H groups in total. The second kappa shape index (κ2) is 5.80. The summed E-state index contributed by atoms with van der Waals surface area (Å²) in [4.78, 5) is 31.2. The van der Waals surface area contributed by atoms with Crippen LogP contribution in [-0.2, 0) is 6.54 Å². The average Bonchev–Trinajstić information content (AvgIpc) is 3.30. The van der Waals surface area contributed by atoms with Gasteiger partial charge in [-0.05, 0) is 37.8 Å². The number of aryl methyl sites for hydroxylation is 2. The molecule has 128 valence electrons. The van der Waals surface area contributed by atoms with Crippen LogP contribution in [0.15, 0.2) is 23.0 Å². The van der Waals surface area contributed by atoms with Crippen LogP contribution in [0.4, 0.5) is 0 Å². The van der Waals surface area contributed by atoms with E-state index in [4.69, 9.17) is 0 Å². The third-order valence-electron chi connectivity index (χ3n) is 4.33. The molecule has 0 aliphatic heterocycles. The van der Waals surface area contributed by atoms with E-state index >= 15 is 0 Å². The van der Waals surface area contributed by atoms with Crippen LogP contribution >= 0.6 is 0 Å². The van der Waals surface area contributed by atoms with Crippen molar-refractivity contribution in [2.45, 2.75) is 39.3 Å². The van der Waals surface area contributed by atoms with Crippen molar-refractivity contribution in [1.82, 2.24) is 30.3 Å². The fourth-order valence-corrected chi connectivity index (χ4v) is 2.69. The van der Waals surface area contributed by atoms with Crippen LogP contribution in [0.25, 0.3) is 11.2 Å². The highest BCUT2D eigenvalue weighted by Gasteiger charge is 2.25. The SMILES string of the molecule is Cc1ccc(C)c(Cn2nnc3c(=O)[nH]c(C(=O)NC4CC4)nc32)c1. The second-order valence-corrected chi connectivity index (χ2v) is 6.51. The predicted molar refractivity (Wildman–Crippen MR) is 91.4 cm³/mol. The highest BCUT2D eigenvalue weighted by Crippen LogP contribution is 2.19. The number of aromatic amines is 1. The number of nitrogens with one attached hydrogen (secondary N) is 2. The van der Waals surface area contributed by atoms with E-state index < -0.39 is 5.56 Å². The Morgan fingerprint density at radius 3 is 2.92 bits per heavy atom. The van der Waals surface area contributed by atoms with Crippen molar-refractivity contribution in [2.24, 2.45) is 0 Å². The summed E-state index contributed by atoms with van der Waals surface area (Å²) >= 11 is 0. The highest BCUT2D eigenvalue weighted by molar-refractivity contribution is 5.92. The van der Waals surface area contributed by atoms with Gasteiger partial charge in [0, 0.05) is 6.04 Å². The molecule has 2 aromatic heterocycles. The Morgan fingerprint density at radius 2 is 2.16 bits per heavy atom. The van der Waals surface area contributed by atoms with Crippen LogP contribution in [0.3, 0.4) is 0 Å². The van der Waals surface area contributed by atoms with E-state index in [1.807, 2.05) is 26.0 Å². The lowest BCUT2D eigenvalue weighted by Gasteiger charge is -2.08. The Kier molecular flexibility index (Phi) is 3.60. The molecular weight excluding hydrogens is 320 g/mol. The van der Waals surface area contributed by atoms with Crippen LogP contribution in [-0.4, -0.2) is 36.9 Å². The second-order valence-electron chi connectivity index (χ2n) is 6.51. The molecule has 3 aromatic rings. The summed E-state index contributed by atoms with van der Waals surface area (Å²) in [6, 6.07) is 6.34. The molecule has 1 aliphatic rings. The van der Waals surface area contributed by atoms with Gasteiger partial charge in [0.15, 0.2) is 11.2 Å². The van der Waals surface area contributed by atoms with Gasteiger partial charge < -0.3 is 10.3 Å². The lowest BCUT2D eigenvalue weighted by atomic mass is 10.1. The molecule has 0 spiro atoms. The van der Waals surface area contributed by atoms with Crippen LogP contribution in [0, 0.1) is 13.8 Å². The molecule has 8 nitrogen and oxygen atoms in total. The summed E-state index contributed by atoms with van der Waals surface area (Å²) in [5.74, 6) is -0.380. The number of carbonyl (C=O) groups is 1. The zero-order chi connectivity index (χ0) is 17.6. The van der Waals surface area contributed by atoms with Gasteiger partial charge in [-0.2, -0.15) is 0 Å². The molecule has 25 heavy (non-hydrogen) atoms. The molecule has 2 heterocycles. The fraction of sp³-hybridized carbons (Fsp3) is 0.353. The van der Waals surface area contributed by atoms with Gasteiger partial charge in [0.2, 0.25) is 5.82 Å². The molecule has 0 atom stereocenters. The molecule has 8 heteroatoms. The number of rotatable bonds is 4. The summed E-state index contributed by atoms with van der Waals surface area (Å²) in [6.45, 7) is 4.47. The molecule has 1 amide bonds. The number of hydrogen-bond acceptors (Lipinski definition) is 5. The van der Waals surface area contributed by atoms with Crippen molar-refractivity contribution < 1.29 is 4.79 Å². The summed E-state index contributed by atoms with van der Waals surface area (Å²) < 4.78 is 1.56. The molecular formula is C17H18N6O2. The summed E-state index contributed by atoms with van der Waals surface area (Å²) in [5, 5.41) is 10.8. The lowest BCUT2D eigenvalue weighted by Crippen LogP contribution is -2.29. The average molecular weight is 338 g/mol. The minimum atomic E-state index is -0.460. The third kappa shape index (κ3) is 3.02. The van der Waals surface area contributed by atoms with E-state index in [1.165, 1.54) is 0 Å². The van der Waals surface area contributed by atoms with Gasteiger partial charge in [0.1, 0.15) is 0 Å². The summed E-state index contributed by atoms with van der Waals surface area (Å²) in [6.07, 6.45) is 1.93. The van der Waals surface area contributed by atoms with Gasteiger partial charge in [-0.25, -0.2) is 9.67 Å². The minimum Gasteiger partial charge on any atom is -0.347 e. The first-order valence-corrected chi connectivity index (χ1v) is 8.22. The van der Waals surface area contributed by atoms with Crippen LogP contribution in [0.5, 0.6) is 0 Å². The standard InChI is InChI=1S/C17H18N6O2/c1-9-3-4-10(2)11(7-9)8-23-15-13(21-22-23)16(24)20-14(19-15)17(25)18-12-5-6-12/h3-4,7,12H,5-6,8H2,1-2H3,(H,18,25)(H,19,20,24). The molecule has 1 aliphatic carbocycles. The molecule has 1 fully saturated rings. The van der Waals surface area contributed by atoms with Crippen molar-refractivity contribution in [3.05, 3.63) is 51.1 Å². The first-order valence-electron chi connectivity index (χ1n) is 8.22. The maximum atomic E-state index is 12.2. The number of hydrogen-bond donors (Lipinski definition) is 2. The number of H-pyrrole nitrogens is 1. The van der Waals surface area contributed by atoms with E-state index in [0.717, 1.165) is 29.5 Å². The third-order valence-corrected chi connectivity index (χ3v) is 4.33. The van der Waals surface area contributed by atoms with Gasteiger partial charge in [-0.3, -0.25) is 9.59 Å². The van der Waals surface area contributed by atoms with Gasteiger partial charge in [0.25, 0.3) is 11.5 Å². The first kappa shape index (κ1) is 15.5. The Labute approximate surface area is 143 Å². The van der Waals surface area contributed by atoms with Gasteiger partial charge in [-0.15, -0.1) is 5.10 Å². The Bertz CT molecular complexity index is 1030. The van der Waals surface area contributed by atoms with Gasteiger partial charge >= 0.3 is 0 Å². The number of benzene rings is 1. The smallest absolute Gasteiger partial charge is 0.287 e. The zero-order valence-electron chi connectivity index (χ0n) is 14.0. The fourth-order valence-electron chi connectivity index (χ4n) is 2.69. The van der Waals surface area contributed by atoms with E-state index in [-0.39, 0.29) is 23.3 Å². The molecule has 0 unspecified atom stereocenters. The minimum absolute atomic E-state index is 0.00564. The predicted octanol–water partition coefficient (Wildman–Crippen LogP) is 1.07. The van der Waals surface area contributed by atoms with E-state index in [1.54, 1.807) is 4.68 Å². The highest BCUT2D eigenvalue weighted by atomic mass is 16.2. The number of nitrogens with zero attached hydrogens (tertiary/aromatic N) is 4. The van der Waals surface area contributed by atoms with E-state index in [9.17, 15) is 9.59 Å². The molecule has 4 rings (SSSR count). The Balaban J connectivity index is 1.74. The topological polar surface area (TPSA) is 106 Å². The normalized spacial score (nSPS) is 14.0. The molecule has 1 saturated carbocycles. The number of fused-ring (bicyclic) bond motifs is 1. The molecule has 1 aromatic carbocycles. The van der Waals surface area contributed by atoms with Crippen LogP contribution < -0.4 is 10.9 Å². The maximum absolute atomic E-state index is 12.2. The summed E-state index contributed by atoms with van der Waals surface area (Å²) in [5.41, 5.74) is 3.31. The van der Waals surface area contributed by atoms with Crippen molar-refractivity contribution in [3.8, 4) is 0 Å². The van der Waals surface area contributed by atoms with E-state index in [0.29, 0.717) is 12.2 Å².